The summed E-state index contributed by atoms with van der Waals surface area (Å²) in [6.45, 7) is 4.25. The molecule has 5 nitrogen and oxygen atoms in total. The minimum Gasteiger partial charge on any atom is -0.488 e. The van der Waals surface area contributed by atoms with Gasteiger partial charge < -0.3 is 4.74 Å². The Bertz CT molecular complexity index is 1380. The Morgan fingerprint density at radius 3 is 2.50 bits per heavy atom. The highest BCUT2D eigenvalue weighted by molar-refractivity contribution is 9.10. The molecular weight excluding hydrogens is 464 g/mol. The number of nitrogens with one attached hydrogen (secondary N) is 1. The normalized spacial score (nSPS) is 13.6. The third kappa shape index (κ3) is 3.77. The lowest BCUT2D eigenvalue weighted by atomic mass is 9.95. The van der Waals surface area contributed by atoms with Crippen LogP contribution in [0.1, 0.15) is 40.4 Å². The van der Waals surface area contributed by atoms with Gasteiger partial charge in [0.2, 0.25) is 0 Å². The molecule has 0 aliphatic heterocycles. The fourth-order valence-electron chi connectivity index (χ4n) is 3.90. The smallest absolute Gasteiger partial charge is 0.289 e. The van der Waals surface area contributed by atoms with Gasteiger partial charge in [0.05, 0.1) is 4.47 Å². The van der Waals surface area contributed by atoms with Gasteiger partial charge in [0.1, 0.15) is 35.6 Å². The van der Waals surface area contributed by atoms with E-state index in [1.165, 1.54) is 0 Å². The van der Waals surface area contributed by atoms with E-state index in [1.807, 2.05) is 68.5 Å². The van der Waals surface area contributed by atoms with E-state index in [2.05, 4.69) is 33.1 Å². The average Bonchev–Trinajstić information content (AvgIpc) is 3.04. The van der Waals surface area contributed by atoms with Gasteiger partial charge in [-0.25, -0.2) is 4.98 Å². The molecule has 32 heavy (non-hydrogen) atoms. The molecule has 3 aromatic rings. The van der Waals surface area contributed by atoms with Gasteiger partial charge in [-0.15, -0.1) is 0 Å². The molecule has 0 saturated heterocycles. The zero-order chi connectivity index (χ0) is 22.8. The number of nitrogen functional groups attached to an aromatic ring is 1. The van der Waals surface area contributed by atoms with Gasteiger partial charge in [-0.2, -0.15) is 10.5 Å². The Labute approximate surface area is 195 Å². The fraction of sp³-hybridized carbons (Fsp3) is 0.115. The van der Waals surface area contributed by atoms with Gasteiger partial charge >= 0.3 is 0 Å². The molecule has 4 rings (SSSR count). The second kappa shape index (κ2) is 8.70. The summed E-state index contributed by atoms with van der Waals surface area (Å²) in [6.07, 6.45) is 2.02. The van der Waals surface area contributed by atoms with Crippen molar-refractivity contribution in [3.05, 3.63) is 92.1 Å². The second-order valence-corrected chi connectivity index (χ2v) is 8.39. The first kappa shape index (κ1) is 21.4. The summed E-state index contributed by atoms with van der Waals surface area (Å²) in [5.74, 6) is 1.02. The second-order valence-electron chi connectivity index (χ2n) is 7.53. The van der Waals surface area contributed by atoms with Crippen LogP contribution in [0.2, 0.25) is 0 Å². The van der Waals surface area contributed by atoms with Crippen LogP contribution in [0.5, 0.6) is 5.75 Å². The number of benzene rings is 2. The standard InChI is InChI=1S/C26H19BrN4O/c1-15-19(24-16(2)21(13-29)26(30)31-25(24)20(15)12-28)10-18-8-9-23(22(27)11-18)32-14-17-6-4-3-5-7-17/h3-11H,14H2,1-2H3,(H2,30,31)/p+1. The number of allylic oxidation sites excluding steroid dienone is 3. The molecule has 6 heteroatoms. The van der Waals surface area contributed by atoms with E-state index in [4.69, 9.17) is 10.5 Å². The summed E-state index contributed by atoms with van der Waals surface area (Å²) in [7, 11) is 0. The third-order valence-electron chi connectivity index (χ3n) is 5.56. The largest absolute Gasteiger partial charge is 0.488 e. The van der Waals surface area contributed by atoms with E-state index in [1.54, 1.807) is 0 Å². The number of H-pyrrole nitrogens is 1. The van der Waals surface area contributed by atoms with Crippen LogP contribution in [0.4, 0.5) is 5.82 Å². The first-order valence-corrected chi connectivity index (χ1v) is 10.8. The van der Waals surface area contributed by atoms with Crippen molar-refractivity contribution in [1.29, 1.82) is 10.5 Å². The van der Waals surface area contributed by atoms with Crippen LogP contribution in [0.25, 0.3) is 17.2 Å². The Hall–Kier alpha value is -3.87. The molecule has 1 aliphatic rings. The SMILES string of the molecule is CC1=C(C#N)c2[nH+]c(N)c(C#N)c(C)c2C1=Cc1ccc(OCc2ccccc2)c(Br)c1. The minimum atomic E-state index is 0.271. The van der Waals surface area contributed by atoms with E-state index in [0.29, 0.717) is 23.4 Å². The number of halogens is 1. The maximum Gasteiger partial charge on any atom is 0.289 e. The lowest BCUT2D eigenvalue weighted by Gasteiger charge is -2.11. The summed E-state index contributed by atoms with van der Waals surface area (Å²) in [5.41, 5.74) is 13.0. The molecule has 0 saturated carbocycles. The Balaban J connectivity index is 1.72. The molecule has 3 N–H and O–H groups in total. The van der Waals surface area contributed by atoms with Crippen molar-refractivity contribution in [2.75, 3.05) is 5.73 Å². The zero-order valence-electron chi connectivity index (χ0n) is 17.7. The molecule has 1 heterocycles. The van der Waals surface area contributed by atoms with E-state index in [0.717, 1.165) is 43.6 Å². The quantitative estimate of drug-likeness (QED) is 0.532. The number of nitriles is 2. The van der Waals surface area contributed by atoms with Crippen LogP contribution in [0.3, 0.4) is 0 Å². The Morgan fingerprint density at radius 2 is 1.84 bits per heavy atom. The molecule has 1 aromatic heterocycles. The van der Waals surface area contributed by atoms with Crippen LogP contribution in [0, 0.1) is 29.6 Å². The highest BCUT2D eigenvalue weighted by atomic mass is 79.9. The molecular formula is C26H20BrN4O+. The number of anilines is 1. The van der Waals surface area contributed by atoms with Crippen LogP contribution in [0.15, 0.2) is 58.6 Å². The summed E-state index contributed by atoms with van der Waals surface area (Å²) >= 11 is 3.60. The average molecular weight is 484 g/mol. The molecule has 0 fully saturated rings. The number of rotatable bonds is 4. The van der Waals surface area contributed by atoms with E-state index < -0.39 is 0 Å². The zero-order valence-corrected chi connectivity index (χ0v) is 19.2. The number of ether oxygens (including phenoxy) is 1. The van der Waals surface area contributed by atoms with Crippen LogP contribution < -0.4 is 15.5 Å². The maximum absolute atomic E-state index is 9.72. The molecule has 0 unspecified atom stereocenters. The van der Waals surface area contributed by atoms with Crippen molar-refractivity contribution in [1.82, 2.24) is 0 Å². The first-order valence-electron chi connectivity index (χ1n) is 10.00. The predicted octanol–water partition coefficient (Wildman–Crippen LogP) is 5.46. The minimum absolute atomic E-state index is 0.271. The summed E-state index contributed by atoms with van der Waals surface area (Å²) in [4.78, 5) is 3.05. The van der Waals surface area contributed by atoms with Gasteiger partial charge in [0, 0.05) is 5.56 Å². The molecule has 0 amide bonds. The summed E-state index contributed by atoms with van der Waals surface area (Å²) in [5, 5.41) is 19.3. The molecule has 1 aliphatic carbocycles. The summed E-state index contributed by atoms with van der Waals surface area (Å²) in [6, 6.07) is 20.3. The van der Waals surface area contributed by atoms with Gasteiger partial charge in [-0.05, 0) is 75.8 Å². The number of nitrogens with two attached hydrogens (primary N) is 1. The Kier molecular flexibility index (Phi) is 5.81. The highest BCUT2D eigenvalue weighted by Crippen LogP contribution is 2.43. The van der Waals surface area contributed by atoms with Crippen molar-refractivity contribution in [3.8, 4) is 17.9 Å². The van der Waals surface area contributed by atoms with Crippen molar-refractivity contribution >= 4 is 39.0 Å². The van der Waals surface area contributed by atoms with Crippen molar-refractivity contribution in [3.63, 3.8) is 0 Å². The number of aromatic amines is 1. The van der Waals surface area contributed by atoms with Crippen LogP contribution >= 0.6 is 15.9 Å². The summed E-state index contributed by atoms with van der Waals surface area (Å²) < 4.78 is 6.78. The maximum atomic E-state index is 9.72. The lowest BCUT2D eigenvalue weighted by Crippen LogP contribution is -2.20. The van der Waals surface area contributed by atoms with E-state index in [-0.39, 0.29) is 5.82 Å². The monoisotopic (exact) mass is 483 g/mol. The molecule has 0 atom stereocenters. The van der Waals surface area contributed by atoms with Crippen molar-refractivity contribution in [2.24, 2.45) is 0 Å². The number of hydrogen-bond donors (Lipinski definition) is 1. The highest BCUT2D eigenvalue weighted by Gasteiger charge is 2.32. The Morgan fingerprint density at radius 1 is 1.09 bits per heavy atom. The molecule has 0 bridgehead atoms. The number of pyridine rings is 1. The fourth-order valence-corrected chi connectivity index (χ4v) is 4.41. The van der Waals surface area contributed by atoms with Crippen molar-refractivity contribution < 1.29 is 9.72 Å². The number of fused-ring (bicyclic) bond motifs is 1. The van der Waals surface area contributed by atoms with Gasteiger partial charge in [0.15, 0.2) is 5.69 Å². The van der Waals surface area contributed by atoms with Gasteiger partial charge in [0.25, 0.3) is 5.82 Å². The molecule has 0 spiro atoms. The van der Waals surface area contributed by atoms with E-state index in [9.17, 15) is 10.5 Å². The first-order chi connectivity index (χ1) is 15.4. The third-order valence-corrected chi connectivity index (χ3v) is 6.17. The predicted molar refractivity (Wildman–Crippen MR) is 128 cm³/mol. The number of nitrogens with zero attached hydrogens (tertiary/aromatic N) is 2. The number of hydrogen-bond acceptors (Lipinski definition) is 4. The van der Waals surface area contributed by atoms with Gasteiger partial charge in [-0.1, -0.05) is 36.4 Å². The van der Waals surface area contributed by atoms with Gasteiger partial charge in [-0.3, -0.25) is 5.73 Å². The van der Waals surface area contributed by atoms with Crippen LogP contribution in [-0.4, -0.2) is 0 Å². The lowest BCUT2D eigenvalue weighted by molar-refractivity contribution is -0.364. The molecule has 156 valence electrons. The van der Waals surface area contributed by atoms with Crippen molar-refractivity contribution in [2.45, 2.75) is 20.5 Å². The van der Waals surface area contributed by atoms with Crippen LogP contribution in [-0.2, 0) is 6.61 Å². The molecule has 0 radical (unpaired) electrons. The molecule has 2 aromatic carbocycles. The topological polar surface area (TPSA) is 97.0 Å². The van der Waals surface area contributed by atoms with E-state index >= 15 is 0 Å². The number of aromatic nitrogens is 1.